The van der Waals surface area contributed by atoms with Gasteiger partial charge in [-0.25, -0.2) is 9.29 Å². The van der Waals surface area contributed by atoms with Crippen LogP contribution in [-0.2, 0) is 19.9 Å². The molecular formula is C22H21FN3O3+. The Morgan fingerprint density at radius 1 is 1.03 bits per heavy atom. The Balaban J connectivity index is 1.68. The molecule has 2 aromatic rings. The quantitative estimate of drug-likeness (QED) is 0.755. The first-order valence-corrected chi connectivity index (χ1v) is 9.76. The Bertz CT molecular complexity index is 1050. The Labute approximate surface area is 167 Å². The van der Waals surface area contributed by atoms with E-state index in [0.29, 0.717) is 11.4 Å². The molecular weight excluding hydrogens is 373 g/mol. The minimum atomic E-state index is -1.17. The summed E-state index contributed by atoms with van der Waals surface area (Å²) >= 11 is 0. The fraction of sp³-hybridized carbons (Fsp3) is 0.318. The largest absolute Gasteiger partial charge is 0.326 e. The van der Waals surface area contributed by atoms with Crippen LogP contribution in [-0.4, -0.2) is 23.8 Å². The molecule has 4 atom stereocenters. The number of quaternary nitrogens is 1. The van der Waals surface area contributed by atoms with Crippen molar-refractivity contribution in [2.75, 3.05) is 10.2 Å². The molecule has 0 bridgehead atoms. The molecule has 3 N–H and O–H groups in total. The molecule has 0 unspecified atom stereocenters. The van der Waals surface area contributed by atoms with E-state index in [-0.39, 0.29) is 23.8 Å². The molecule has 0 aliphatic carbocycles. The third-order valence-electron chi connectivity index (χ3n) is 6.56. The van der Waals surface area contributed by atoms with Crippen molar-refractivity contribution < 1.29 is 24.1 Å². The van der Waals surface area contributed by atoms with Gasteiger partial charge in [-0.3, -0.25) is 14.4 Å². The van der Waals surface area contributed by atoms with Crippen LogP contribution in [0.5, 0.6) is 0 Å². The normalized spacial score (nSPS) is 30.3. The van der Waals surface area contributed by atoms with Crippen molar-refractivity contribution in [3.05, 3.63) is 59.9 Å². The molecule has 5 rings (SSSR count). The van der Waals surface area contributed by atoms with E-state index in [1.54, 1.807) is 0 Å². The maximum atomic E-state index is 13.6. The van der Waals surface area contributed by atoms with Gasteiger partial charge < -0.3 is 10.6 Å². The van der Waals surface area contributed by atoms with Crippen molar-refractivity contribution >= 4 is 29.1 Å². The number of nitrogens with two attached hydrogens (primary N) is 1. The van der Waals surface area contributed by atoms with E-state index in [2.05, 4.69) is 5.32 Å². The summed E-state index contributed by atoms with van der Waals surface area (Å²) in [6, 6.07) is 12.4. The zero-order valence-electron chi connectivity index (χ0n) is 16.1. The molecule has 148 valence electrons. The first kappa shape index (κ1) is 18.0. The first-order chi connectivity index (χ1) is 13.9. The van der Waals surface area contributed by atoms with E-state index in [1.807, 2.05) is 43.4 Å². The second kappa shape index (κ2) is 5.97. The molecule has 6 nitrogen and oxygen atoms in total. The summed E-state index contributed by atoms with van der Waals surface area (Å²) in [4.78, 5) is 41.4. The molecule has 2 aromatic carbocycles. The van der Waals surface area contributed by atoms with Crippen LogP contribution >= 0.6 is 0 Å². The molecule has 3 heterocycles. The van der Waals surface area contributed by atoms with E-state index in [9.17, 15) is 18.8 Å². The second-order valence-electron chi connectivity index (χ2n) is 8.35. The average molecular weight is 394 g/mol. The number of hydrogen-bond donors (Lipinski definition) is 2. The van der Waals surface area contributed by atoms with Gasteiger partial charge in [-0.1, -0.05) is 32.0 Å². The maximum absolute atomic E-state index is 13.6. The van der Waals surface area contributed by atoms with Crippen molar-refractivity contribution in [1.29, 1.82) is 0 Å². The number of nitrogens with zero attached hydrogens (tertiary/aromatic N) is 1. The van der Waals surface area contributed by atoms with Crippen molar-refractivity contribution in [1.82, 2.24) is 0 Å². The zero-order valence-corrected chi connectivity index (χ0v) is 16.1. The van der Waals surface area contributed by atoms with Gasteiger partial charge in [-0.2, -0.15) is 0 Å². The van der Waals surface area contributed by atoms with Gasteiger partial charge in [-0.05, 0) is 30.3 Å². The van der Waals surface area contributed by atoms with Crippen molar-refractivity contribution in [2.24, 2.45) is 17.8 Å². The predicted octanol–water partition coefficient (Wildman–Crippen LogP) is 1.38. The molecule has 0 saturated carbocycles. The van der Waals surface area contributed by atoms with Gasteiger partial charge in [-0.15, -0.1) is 0 Å². The number of fused-ring (bicyclic) bond motifs is 4. The van der Waals surface area contributed by atoms with Gasteiger partial charge in [0, 0.05) is 11.5 Å². The van der Waals surface area contributed by atoms with E-state index in [0.717, 1.165) is 10.5 Å². The molecule has 7 heteroatoms. The summed E-state index contributed by atoms with van der Waals surface area (Å²) in [5.74, 6) is -2.79. The minimum absolute atomic E-state index is 0.0763. The molecule has 2 saturated heterocycles. The Morgan fingerprint density at radius 3 is 2.41 bits per heavy atom. The molecule has 29 heavy (non-hydrogen) atoms. The lowest BCUT2D eigenvalue weighted by Crippen LogP contribution is -2.99. The number of halogens is 1. The monoisotopic (exact) mass is 394 g/mol. The highest BCUT2D eigenvalue weighted by Gasteiger charge is 2.74. The summed E-state index contributed by atoms with van der Waals surface area (Å²) in [6.07, 6.45) is 0. The Hall–Kier alpha value is -3.06. The van der Waals surface area contributed by atoms with Crippen LogP contribution in [0.4, 0.5) is 15.8 Å². The molecule has 3 aliphatic rings. The minimum Gasteiger partial charge on any atom is -0.326 e. The van der Waals surface area contributed by atoms with Gasteiger partial charge in [0.05, 0.1) is 11.4 Å². The highest BCUT2D eigenvalue weighted by molar-refractivity contribution is 6.25. The van der Waals surface area contributed by atoms with Crippen LogP contribution in [0.15, 0.2) is 48.5 Å². The number of anilines is 2. The molecule has 2 fully saturated rings. The van der Waals surface area contributed by atoms with Crippen LogP contribution in [0.3, 0.4) is 0 Å². The summed E-state index contributed by atoms with van der Waals surface area (Å²) < 4.78 is 13.4. The fourth-order valence-corrected chi connectivity index (χ4v) is 5.30. The summed E-state index contributed by atoms with van der Waals surface area (Å²) in [5.41, 5.74) is 0.584. The lowest BCUT2D eigenvalue weighted by atomic mass is 9.76. The number of benzene rings is 2. The number of nitrogens with one attached hydrogen (secondary N) is 1. The molecule has 3 amide bonds. The van der Waals surface area contributed by atoms with Crippen molar-refractivity contribution in [3.63, 3.8) is 0 Å². The number of para-hydroxylation sites is 1. The van der Waals surface area contributed by atoms with Gasteiger partial charge in [0.15, 0.2) is 0 Å². The standard InChI is InChI=1S/C22H20FN3O3/c1-11(2)18-16-17(20(28)26(19(16)27)13-9-7-12(23)8-10-13)22(25-18)14-5-3-4-6-15(14)24-21(22)29/h3-11,16-18,25H,1-2H3,(H,24,29)/p+1/t16-,17-,18-,22-/m0/s1. The number of amides is 3. The number of carbonyl (C=O) groups excluding carboxylic acids is 3. The summed E-state index contributed by atoms with van der Waals surface area (Å²) in [5, 5.41) is 4.82. The van der Waals surface area contributed by atoms with E-state index in [4.69, 9.17) is 0 Å². The smallest absolute Gasteiger partial charge is 0.291 e. The Kier molecular flexibility index (Phi) is 3.70. The van der Waals surface area contributed by atoms with Crippen LogP contribution in [0.1, 0.15) is 19.4 Å². The number of rotatable bonds is 2. The van der Waals surface area contributed by atoms with Crippen LogP contribution in [0.25, 0.3) is 0 Å². The molecule has 0 radical (unpaired) electrons. The molecule has 0 aromatic heterocycles. The van der Waals surface area contributed by atoms with Gasteiger partial charge in [0.2, 0.25) is 17.4 Å². The van der Waals surface area contributed by atoms with E-state index in [1.165, 1.54) is 24.3 Å². The van der Waals surface area contributed by atoms with Crippen LogP contribution in [0.2, 0.25) is 0 Å². The highest BCUT2D eigenvalue weighted by Crippen LogP contribution is 2.50. The number of imide groups is 1. The van der Waals surface area contributed by atoms with Gasteiger partial charge >= 0.3 is 0 Å². The topological polar surface area (TPSA) is 83.1 Å². The Morgan fingerprint density at radius 2 is 1.72 bits per heavy atom. The van der Waals surface area contributed by atoms with Crippen LogP contribution in [0, 0.1) is 23.6 Å². The highest BCUT2D eigenvalue weighted by atomic mass is 19.1. The summed E-state index contributed by atoms with van der Waals surface area (Å²) in [7, 11) is 0. The maximum Gasteiger partial charge on any atom is 0.291 e. The lowest BCUT2D eigenvalue weighted by Gasteiger charge is -2.27. The van der Waals surface area contributed by atoms with Crippen LogP contribution < -0.4 is 15.5 Å². The lowest BCUT2D eigenvalue weighted by molar-refractivity contribution is -0.738. The first-order valence-electron chi connectivity index (χ1n) is 9.76. The van der Waals surface area contributed by atoms with E-state index < -0.39 is 29.1 Å². The third kappa shape index (κ3) is 2.22. The second-order valence-corrected chi connectivity index (χ2v) is 8.35. The average Bonchev–Trinajstić information content (AvgIpc) is 3.28. The van der Waals surface area contributed by atoms with Gasteiger partial charge in [0.25, 0.3) is 5.91 Å². The zero-order chi connectivity index (χ0) is 20.5. The fourth-order valence-electron chi connectivity index (χ4n) is 5.30. The van der Waals surface area contributed by atoms with Gasteiger partial charge in [0.1, 0.15) is 23.7 Å². The third-order valence-corrected chi connectivity index (χ3v) is 6.56. The SMILES string of the molecule is CC(C)[C@@H]1[NH2+][C@]2(C(=O)Nc3ccccc32)[C@@H]2C(=O)N(c3ccc(F)cc3)C(=O)[C@@H]21. The number of hydrogen-bond acceptors (Lipinski definition) is 3. The molecule has 3 aliphatic heterocycles. The molecule has 1 spiro atoms. The predicted molar refractivity (Wildman–Crippen MR) is 103 cm³/mol. The number of carbonyl (C=O) groups is 3. The van der Waals surface area contributed by atoms with Crippen molar-refractivity contribution in [3.8, 4) is 0 Å². The summed E-state index contributed by atoms with van der Waals surface area (Å²) in [6.45, 7) is 3.99. The van der Waals surface area contributed by atoms with Crippen molar-refractivity contribution in [2.45, 2.75) is 25.4 Å². The van der Waals surface area contributed by atoms with E-state index >= 15 is 0 Å².